The topological polar surface area (TPSA) is 106 Å². The molecule has 0 unspecified atom stereocenters. The van der Waals surface area contributed by atoms with Gasteiger partial charge in [0.1, 0.15) is 5.78 Å². The van der Waals surface area contributed by atoms with Gasteiger partial charge in [0.15, 0.2) is 0 Å². The van der Waals surface area contributed by atoms with Crippen LogP contribution < -0.4 is 11.1 Å². The van der Waals surface area contributed by atoms with Crippen LogP contribution in [0.2, 0.25) is 0 Å². The van der Waals surface area contributed by atoms with Crippen LogP contribution in [0.1, 0.15) is 27.0 Å². The van der Waals surface area contributed by atoms with Crippen molar-refractivity contribution in [3.8, 4) is 0 Å². The van der Waals surface area contributed by atoms with E-state index in [4.69, 9.17) is 16.2 Å². The van der Waals surface area contributed by atoms with E-state index in [9.17, 15) is 9.59 Å². The number of rotatable bonds is 6. The number of carbonyl (C=O) groups is 2. The van der Waals surface area contributed by atoms with Gasteiger partial charge in [-0.15, -0.1) is 0 Å². The van der Waals surface area contributed by atoms with Gasteiger partial charge in [-0.05, 0) is 46.2 Å². The molecular weight excluding hydrogens is 328 g/mol. The minimum absolute atomic E-state index is 0.0728. The third-order valence-corrected chi connectivity index (χ3v) is 4.24. The van der Waals surface area contributed by atoms with Crippen LogP contribution in [-0.2, 0) is 17.6 Å². The Bertz CT molecular complexity index is 1010. The van der Waals surface area contributed by atoms with Gasteiger partial charge in [0.25, 0.3) is 5.84 Å². The smallest absolute Gasteiger partial charge is 0.335 e. The first-order chi connectivity index (χ1) is 12.4. The van der Waals surface area contributed by atoms with Gasteiger partial charge < -0.3 is 5.11 Å². The molecule has 130 valence electrons. The maximum absolute atomic E-state index is 12.3. The molecule has 0 radical (unpaired) electrons. The number of carboxylic acids is 1. The van der Waals surface area contributed by atoms with Crippen LogP contribution in [0.4, 0.5) is 0 Å². The molecule has 0 aliphatic carbocycles. The molecule has 3 aromatic rings. The number of Topliss-reactive ketones (excluding diaryl/α,β-unsaturated/α-hetero) is 1. The van der Waals surface area contributed by atoms with Crippen LogP contribution in [-0.4, -0.2) is 22.7 Å². The fraction of sp³-hybridized carbons (Fsp3) is 0.0952. The molecule has 0 aliphatic rings. The van der Waals surface area contributed by atoms with Gasteiger partial charge in [-0.3, -0.25) is 15.9 Å². The van der Waals surface area contributed by atoms with E-state index in [-0.39, 0.29) is 23.6 Å². The number of hydrogen-bond acceptors (Lipinski definition) is 2. The number of carboxylic acid groups (broad SMARTS) is 1. The number of ketones is 1. The summed E-state index contributed by atoms with van der Waals surface area (Å²) in [6, 6.07) is 17.9. The summed E-state index contributed by atoms with van der Waals surface area (Å²) in [6.45, 7) is 0. The molecule has 0 amide bonds. The van der Waals surface area contributed by atoms with E-state index in [0.29, 0.717) is 6.42 Å². The third-order valence-electron chi connectivity index (χ3n) is 4.24. The van der Waals surface area contributed by atoms with Gasteiger partial charge in [0.2, 0.25) is 0 Å². The number of amidine groups is 1. The van der Waals surface area contributed by atoms with E-state index >= 15 is 0 Å². The first-order valence-corrected chi connectivity index (χ1v) is 8.17. The molecule has 3 rings (SSSR count). The Morgan fingerprint density at radius 1 is 0.808 bits per heavy atom. The van der Waals surface area contributed by atoms with Gasteiger partial charge >= 0.3 is 5.97 Å². The predicted octanol–water partition coefficient (Wildman–Crippen LogP) is 1.36. The van der Waals surface area contributed by atoms with E-state index in [1.807, 2.05) is 36.4 Å². The lowest BCUT2D eigenvalue weighted by molar-refractivity contribution is -0.118. The maximum atomic E-state index is 12.3. The molecule has 5 heteroatoms. The summed E-state index contributed by atoms with van der Waals surface area (Å²) in [5, 5.41) is 16.6. The highest BCUT2D eigenvalue weighted by atomic mass is 16.4. The van der Waals surface area contributed by atoms with Crippen LogP contribution in [0, 0.1) is 0 Å². The molecule has 0 saturated heterocycles. The molecule has 26 heavy (non-hydrogen) atoms. The molecular formula is C21H19N2O3+. The molecule has 3 aromatic carbocycles. The summed E-state index contributed by atoms with van der Waals surface area (Å²) in [6.07, 6.45) is 0.596. The van der Waals surface area contributed by atoms with E-state index in [1.165, 1.54) is 12.1 Å². The van der Waals surface area contributed by atoms with Crippen molar-refractivity contribution in [1.82, 2.24) is 0 Å². The normalized spacial score (nSPS) is 10.6. The van der Waals surface area contributed by atoms with Crippen LogP contribution in [0.15, 0.2) is 60.7 Å². The lowest BCUT2D eigenvalue weighted by atomic mass is 9.99. The standard InChI is InChI=1S/C21H18N2O3/c22-20(23)18-8-7-16-9-14(3-6-17(16)12-18)11-19(24)10-13-1-4-15(5-2-13)21(25)26/h1-9,12H,10-11H2,(H3,22,23)(H,25,26)/p+1. The van der Waals surface area contributed by atoms with Crippen molar-refractivity contribution in [2.75, 3.05) is 0 Å². The van der Waals surface area contributed by atoms with Crippen molar-refractivity contribution >= 4 is 28.4 Å². The summed E-state index contributed by atoms with van der Waals surface area (Å²) in [5.41, 5.74) is 8.35. The van der Waals surface area contributed by atoms with Gasteiger partial charge in [0, 0.05) is 12.8 Å². The molecule has 0 spiro atoms. The minimum Gasteiger partial charge on any atom is -0.478 e. The van der Waals surface area contributed by atoms with Crippen molar-refractivity contribution in [3.63, 3.8) is 0 Å². The number of benzene rings is 3. The van der Waals surface area contributed by atoms with E-state index in [2.05, 4.69) is 0 Å². The highest BCUT2D eigenvalue weighted by Crippen LogP contribution is 2.18. The fourth-order valence-electron chi connectivity index (χ4n) is 2.87. The molecule has 0 saturated carbocycles. The number of aromatic carboxylic acids is 1. The molecule has 0 heterocycles. The SMILES string of the molecule is NC(=[NH2+])c1ccc2cc(CC(=O)Cc3ccc(C(=O)O)cc3)ccc2c1. The van der Waals surface area contributed by atoms with Crippen LogP contribution in [0.25, 0.3) is 10.8 Å². The monoisotopic (exact) mass is 347 g/mol. The predicted molar refractivity (Wildman–Crippen MR) is 100.0 cm³/mol. The minimum atomic E-state index is -0.976. The second kappa shape index (κ2) is 7.19. The summed E-state index contributed by atoms with van der Waals surface area (Å²) < 4.78 is 0. The summed E-state index contributed by atoms with van der Waals surface area (Å²) in [4.78, 5) is 23.2. The maximum Gasteiger partial charge on any atom is 0.335 e. The number of nitrogens with two attached hydrogens (primary N) is 2. The van der Waals surface area contributed by atoms with Crippen LogP contribution >= 0.6 is 0 Å². The highest BCUT2D eigenvalue weighted by molar-refractivity contribution is 5.97. The number of fused-ring (bicyclic) bond motifs is 1. The Labute approximate surface area is 150 Å². The Balaban J connectivity index is 1.71. The summed E-state index contributed by atoms with van der Waals surface area (Å²) in [7, 11) is 0. The lowest BCUT2D eigenvalue weighted by Gasteiger charge is -2.05. The van der Waals surface area contributed by atoms with Gasteiger partial charge in [-0.2, -0.15) is 0 Å². The first-order valence-electron chi connectivity index (χ1n) is 8.17. The zero-order valence-electron chi connectivity index (χ0n) is 14.1. The molecule has 0 aliphatic heterocycles. The molecule has 0 atom stereocenters. The van der Waals surface area contributed by atoms with Gasteiger partial charge in [0.05, 0.1) is 11.1 Å². The van der Waals surface area contributed by atoms with E-state index in [1.54, 1.807) is 12.1 Å². The summed E-state index contributed by atoms with van der Waals surface area (Å²) >= 11 is 0. The van der Waals surface area contributed by atoms with Crippen molar-refractivity contribution in [1.29, 1.82) is 0 Å². The van der Waals surface area contributed by atoms with Crippen LogP contribution in [0.5, 0.6) is 0 Å². The van der Waals surface area contributed by atoms with Crippen molar-refractivity contribution in [3.05, 3.63) is 82.9 Å². The summed E-state index contributed by atoms with van der Waals surface area (Å²) in [5.74, 6) is -0.625. The third kappa shape index (κ3) is 3.95. The van der Waals surface area contributed by atoms with Gasteiger partial charge in [-0.1, -0.05) is 36.4 Å². The molecule has 0 fully saturated rings. The Morgan fingerprint density at radius 3 is 2.00 bits per heavy atom. The van der Waals surface area contributed by atoms with Crippen molar-refractivity contribution in [2.24, 2.45) is 5.73 Å². The molecule has 5 nitrogen and oxygen atoms in total. The Morgan fingerprint density at radius 2 is 1.35 bits per heavy atom. The zero-order valence-corrected chi connectivity index (χ0v) is 14.1. The highest BCUT2D eigenvalue weighted by Gasteiger charge is 2.09. The van der Waals surface area contributed by atoms with Gasteiger partial charge in [-0.25, -0.2) is 4.79 Å². The Hall–Kier alpha value is -3.47. The van der Waals surface area contributed by atoms with Crippen molar-refractivity contribution in [2.45, 2.75) is 12.8 Å². The number of carbonyl (C=O) groups excluding carboxylic acids is 1. The average Bonchev–Trinajstić information content (AvgIpc) is 2.61. The lowest BCUT2D eigenvalue weighted by Crippen LogP contribution is -2.46. The largest absolute Gasteiger partial charge is 0.478 e. The van der Waals surface area contributed by atoms with E-state index < -0.39 is 5.97 Å². The quantitative estimate of drug-likeness (QED) is 0.462. The second-order valence-electron chi connectivity index (χ2n) is 6.25. The molecule has 0 bridgehead atoms. The van der Waals surface area contributed by atoms with Crippen molar-refractivity contribution < 1.29 is 20.1 Å². The second-order valence-corrected chi connectivity index (χ2v) is 6.25. The molecule has 0 aromatic heterocycles. The zero-order chi connectivity index (χ0) is 18.7. The fourth-order valence-corrected chi connectivity index (χ4v) is 2.87. The average molecular weight is 347 g/mol. The Kier molecular flexibility index (Phi) is 4.80. The van der Waals surface area contributed by atoms with E-state index in [0.717, 1.165) is 27.5 Å². The first kappa shape index (κ1) is 17.4. The van der Waals surface area contributed by atoms with Crippen LogP contribution in [0.3, 0.4) is 0 Å². The number of hydrogen-bond donors (Lipinski definition) is 3. The molecule has 5 N–H and O–H groups in total.